The Morgan fingerprint density at radius 3 is 3.00 bits per heavy atom. The molecule has 1 amide bonds. The molecule has 2 aliphatic heterocycles. The first kappa shape index (κ1) is 17.6. The summed E-state index contributed by atoms with van der Waals surface area (Å²) in [5.74, 6) is 1.70. The molecule has 148 valence electrons. The zero-order chi connectivity index (χ0) is 19.4. The highest BCUT2D eigenvalue weighted by atomic mass is 32.1. The molecule has 0 bridgehead atoms. The highest BCUT2D eigenvalue weighted by molar-refractivity contribution is 7.16. The lowest BCUT2D eigenvalue weighted by molar-refractivity contribution is 0.100. The summed E-state index contributed by atoms with van der Waals surface area (Å²) < 4.78 is 17.0. The van der Waals surface area contributed by atoms with Crippen LogP contribution < -0.4 is 25.3 Å². The number of benzene rings is 1. The van der Waals surface area contributed by atoms with Gasteiger partial charge < -0.3 is 25.3 Å². The van der Waals surface area contributed by atoms with Crippen LogP contribution in [-0.4, -0.2) is 38.3 Å². The number of nitrogens with one attached hydrogen (secondary N) is 1. The van der Waals surface area contributed by atoms with Crippen molar-refractivity contribution in [1.29, 1.82) is 0 Å². The van der Waals surface area contributed by atoms with Gasteiger partial charge in [-0.1, -0.05) is 0 Å². The summed E-state index contributed by atoms with van der Waals surface area (Å²) in [6.45, 7) is 1.08. The average Bonchev–Trinajstić information content (AvgIpc) is 3.37. The number of amides is 1. The first-order valence-corrected chi connectivity index (χ1v) is 10.3. The van der Waals surface area contributed by atoms with E-state index in [0.29, 0.717) is 17.1 Å². The number of fused-ring (bicyclic) bond motifs is 3. The Kier molecular flexibility index (Phi) is 4.13. The summed E-state index contributed by atoms with van der Waals surface area (Å²) in [6.07, 6.45) is 3.77. The largest absolute Gasteiger partial charge is 0.492 e. The van der Waals surface area contributed by atoms with Gasteiger partial charge in [-0.15, -0.1) is 11.3 Å². The minimum Gasteiger partial charge on any atom is -0.492 e. The maximum atomic E-state index is 12.2. The molecule has 3 aliphatic rings. The van der Waals surface area contributed by atoms with Crippen molar-refractivity contribution in [2.24, 2.45) is 5.73 Å². The molecule has 0 saturated carbocycles. The fourth-order valence-corrected chi connectivity index (χ4v) is 5.82. The molecular weight excluding hydrogens is 378 g/mol. The zero-order valence-corrected chi connectivity index (χ0v) is 16.8. The highest BCUT2D eigenvalue weighted by Crippen LogP contribution is 2.50. The number of likely N-dealkylation sites (N-methyl/N-ethyl adjacent to an activating group) is 1. The maximum absolute atomic E-state index is 12.2. The van der Waals surface area contributed by atoms with Gasteiger partial charge in [0.05, 0.1) is 12.7 Å². The number of hydrogen-bond acceptors (Lipinski definition) is 7. The van der Waals surface area contributed by atoms with Crippen LogP contribution in [0.5, 0.6) is 17.2 Å². The van der Waals surface area contributed by atoms with Crippen molar-refractivity contribution in [3.63, 3.8) is 0 Å². The van der Waals surface area contributed by atoms with E-state index in [1.165, 1.54) is 10.4 Å². The molecule has 1 aliphatic carbocycles. The van der Waals surface area contributed by atoms with E-state index in [-0.39, 0.29) is 18.9 Å². The van der Waals surface area contributed by atoms with E-state index in [1.54, 1.807) is 18.4 Å². The molecule has 28 heavy (non-hydrogen) atoms. The molecule has 3 N–H and O–H groups in total. The molecule has 0 saturated heterocycles. The number of hydrogen-bond donors (Lipinski definition) is 2. The number of ether oxygens (including phenoxy) is 3. The van der Waals surface area contributed by atoms with Gasteiger partial charge in [-0.05, 0) is 49.9 Å². The van der Waals surface area contributed by atoms with E-state index in [0.717, 1.165) is 54.1 Å². The lowest BCUT2D eigenvalue weighted by Gasteiger charge is -2.36. The molecule has 1 aromatic heterocycles. The summed E-state index contributed by atoms with van der Waals surface area (Å²) >= 11 is 1.65. The predicted molar refractivity (Wildman–Crippen MR) is 107 cm³/mol. The SMILES string of the molecule is COc1c2c(cc3c1[C@@H](Nc1sc4c(c1C(N)=O)CCC4)N(C)CC3)OCO2. The molecule has 8 heteroatoms. The number of nitrogens with zero attached hydrogens (tertiary/aromatic N) is 1. The smallest absolute Gasteiger partial charge is 0.251 e. The molecule has 0 fully saturated rings. The number of thiophene rings is 1. The van der Waals surface area contributed by atoms with Crippen molar-refractivity contribution >= 4 is 22.2 Å². The summed E-state index contributed by atoms with van der Waals surface area (Å²) in [7, 11) is 3.72. The number of nitrogens with two attached hydrogens (primary N) is 1. The number of methoxy groups -OCH3 is 1. The Morgan fingerprint density at radius 2 is 2.21 bits per heavy atom. The van der Waals surface area contributed by atoms with Gasteiger partial charge in [-0.2, -0.15) is 0 Å². The van der Waals surface area contributed by atoms with Crippen LogP contribution >= 0.6 is 11.3 Å². The van der Waals surface area contributed by atoms with Gasteiger partial charge in [0.15, 0.2) is 11.5 Å². The Morgan fingerprint density at radius 1 is 1.36 bits per heavy atom. The van der Waals surface area contributed by atoms with Crippen molar-refractivity contribution in [2.75, 3.05) is 32.8 Å². The quantitative estimate of drug-likeness (QED) is 0.819. The minimum atomic E-state index is -0.363. The Balaban J connectivity index is 1.61. The summed E-state index contributed by atoms with van der Waals surface area (Å²) in [6, 6.07) is 2.05. The second-order valence-electron chi connectivity index (χ2n) is 7.42. The van der Waals surface area contributed by atoms with Gasteiger partial charge in [0, 0.05) is 17.0 Å². The van der Waals surface area contributed by atoms with Crippen molar-refractivity contribution in [3.8, 4) is 17.2 Å². The number of carbonyl (C=O) groups is 1. The van der Waals surface area contributed by atoms with Crippen LogP contribution in [0.4, 0.5) is 5.00 Å². The minimum absolute atomic E-state index is 0.148. The first-order valence-electron chi connectivity index (χ1n) is 9.49. The maximum Gasteiger partial charge on any atom is 0.251 e. The Labute approximate surface area is 167 Å². The summed E-state index contributed by atoms with van der Waals surface area (Å²) in [5, 5.41) is 4.45. The fourth-order valence-electron chi connectivity index (χ4n) is 4.51. The summed E-state index contributed by atoms with van der Waals surface area (Å²) in [5.41, 5.74) is 9.72. The molecule has 2 aromatic rings. The number of aryl methyl sites for hydroxylation is 1. The number of anilines is 1. The number of carbonyl (C=O) groups excluding carboxylic acids is 1. The summed E-state index contributed by atoms with van der Waals surface area (Å²) in [4.78, 5) is 15.7. The van der Waals surface area contributed by atoms with Crippen LogP contribution in [0.2, 0.25) is 0 Å². The molecule has 3 heterocycles. The monoisotopic (exact) mass is 401 g/mol. The second kappa shape index (κ2) is 6.56. The standard InChI is InChI=1S/C20H23N3O4S/c1-23-7-6-10-8-12-16(27-9-26-12)17(25-2)14(10)19(23)22-20-15(18(21)24)11-4-3-5-13(11)28-20/h8,19,22H,3-7,9H2,1-2H3,(H2,21,24)/t19-/m0/s1. The molecule has 0 spiro atoms. The second-order valence-corrected chi connectivity index (χ2v) is 8.52. The molecule has 0 unspecified atom stereocenters. The third-order valence-electron chi connectivity index (χ3n) is 5.83. The van der Waals surface area contributed by atoms with Crippen molar-refractivity contribution < 1.29 is 19.0 Å². The van der Waals surface area contributed by atoms with Gasteiger partial charge >= 0.3 is 0 Å². The van der Waals surface area contributed by atoms with E-state index in [9.17, 15) is 4.79 Å². The number of primary amides is 1. The third kappa shape index (κ3) is 2.55. The van der Waals surface area contributed by atoms with Crippen molar-refractivity contribution in [1.82, 2.24) is 4.90 Å². The van der Waals surface area contributed by atoms with Crippen LogP contribution in [-0.2, 0) is 19.3 Å². The zero-order valence-electron chi connectivity index (χ0n) is 16.0. The van der Waals surface area contributed by atoms with E-state index in [1.807, 2.05) is 6.07 Å². The van der Waals surface area contributed by atoms with Crippen LogP contribution in [0.3, 0.4) is 0 Å². The van der Waals surface area contributed by atoms with Gasteiger partial charge in [0.2, 0.25) is 12.5 Å². The van der Waals surface area contributed by atoms with Crippen molar-refractivity contribution in [2.45, 2.75) is 31.8 Å². The van der Waals surface area contributed by atoms with E-state index >= 15 is 0 Å². The first-order chi connectivity index (χ1) is 13.6. The number of rotatable bonds is 4. The molecule has 7 nitrogen and oxygen atoms in total. The highest BCUT2D eigenvalue weighted by Gasteiger charge is 2.35. The fraction of sp³-hybridized carbons (Fsp3) is 0.450. The Hall–Kier alpha value is -2.45. The van der Waals surface area contributed by atoms with Gasteiger partial charge in [-0.3, -0.25) is 9.69 Å². The lowest BCUT2D eigenvalue weighted by Crippen LogP contribution is -2.37. The topological polar surface area (TPSA) is 86.0 Å². The normalized spacial score (nSPS) is 20.0. The third-order valence-corrected chi connectivity index (χ3v) is 7.05. The Bertz CT molecular complexity index is 971. The van der Waals surface area contributed by atoms with Gasteiger partial charge in [-0.25, -0.2) is 0 Å². The van der Waals surface area contributed by atoms with Crippen LogP contribution in [0.1, 0.15) is 44.5 Å². The molecule has 1 aromatic carbocycles. The lowest BCUT2D eigenvalue weighted by atomic mass is 9.95. The van der Waals surface area contributed by atoms with Crippen LogP contribution in [0.15, 0.2) is 6.07 Å². The van der Waals surface area contributed by atoms with Gasteiger partial charge in [0.1, 0.15) is 11.2 Å². The average molecular weight is 401 g/mol. The molecule has 5 rings (SSSR count). The van der Waals surface area contributed by atoms with Crippen molar-refractivity contribution in [3.05, 3.63) is 33.2 Å². The predicted octanol–water partition coefficient (Wildman–Crippen LogP) is 2.67. The molecule has 0 radical (unpaired) electrons. The van der Waals surface area contributed by atoms with Crippen LogP contribution in [0.25, 0.3) is 0 Å². The van der Waals surface area contributed by atoms with E-state index < -0.39 is 0 Å². The van der Waals surface area contributed by atoms with E-state index in [4.69, 9.17) is 19.9 Å². The molecule has 1 atom stereocenters. The van der Waals surface area contributed by atoms with Crippen LogP contribution in [0, 0.1) is 0 Å². The van der Waals surface area contributed by atoms with E-state index in [2.05, 4.69) is 17.3 Å². The van der Waals surface area contributed by atoms with Gasteiger partial charge in [0.25, 0.3) is 5.91 Å². The molecular formula is C20H23N3O4S.